The zero-order valence-corrected chi connectivity index (χ0v) is 10.1. The number of rotatable bonds is 10. The van der Waals surface area contributed by atoms with Crippen LogP contribution in [0.25, 0.3) is 0 Å². The first kappa shape index (κ1) is 13.9. The molecule has 0 amide bonds. The Morgan fingerprint density at radius 2 is 1.93 bits per heavy atom. The molecule has 0 aromatic carbocycles. The molecule has 0 aliphatic heterocycles. The highest BCUT2D eigenvalue weighted by Gasteiger charge is 1.99. The third kappa shape index (κ3) is 10.0. The second kappa shape index (κ2) is 11.0. The van der Waals surface area contributed by atoms with E-state index in [-0.39, 0.29) is 0 Å². The Hall–Kier alpha value is -0.0800. The topological polar surface area (TPSA) is 21.3 Å². The molecular weight excluding hydrogens is 174 g/mol. The number of hydrogen-bond donors (Lipinski definition) is 1. The molecule has 0 rings (SSSR count). The first-order chi connectivity index (χ1) is 6.81. The molecule has 0 aromatic heterocycles. The average molecular weight is 201 g/mol. The van der Waals surface area contributed by atoms with E-state index in [0.717, 1.165) is 26.2 Å². The Morgan fingerprint density at radius 1 is 1.14 bits per heavy atom. The lowest BCUT2D eigenvalue weighted by atomic mass is 10.1. The lowest BCUT2D eigenvalue weighted by Gasteiger charge is -2.13. The van der Waals surface area contributed by atoms with Gasteiger partial charge in [-0.3, -0.25) is 0 Å². The fourth-order valence-electron chi connectivity index (χ4n) is 1.47. The van der Waals surface area contributed by atoms with E-state index in [0.29, 0.717) is 6.04 Å². The van der Waals surface area contributed by atoms with E-state index in [9.17, 15) is 0 Å². The third-order valence-electron chi connectivity index (χ3n) is 2.40. The van der Waals surface area contributed by atoms with E-state index in [1.54, 1.807) is 0 Å². The summed E-state index contributed by atoms with van der Waals surface area (Å²) in [7, 11) is 0. The monoisotopic (exact) mass is 201 g/mol. The number of hydrogen-bond acceptors (Lipinski definition) is 2. The van der Waals surface area contributed by atoms with Gasteiger partial charge in [-0.15, -0.1) is 0 Å². The molecule has 0 saturated heterocycles. The molecule has 1 N–H and O–H groups in total. The SMILES string of the molecule is CCCCCC(C)NCCCOCC. The summed E-state index contributed by atoms with van der Waals surface area (Å²) in [6.45, 7) is 9.39. The molecule has 14 heavy (non-hydrogen) atoms. The van der Waals surface area contributed by atoms with Crippen LogP contribution in [-0.2, 0) is 4.74 Å². The smallest absolute Gasteiger partial charge is 0.0477 e. The van der Waals surface area contributed by atoms with E-state index in [1.807, 2.05) is 6.92 Å². The van der Waals surface area contributed by atoms with Crippen LogP contribution in [0.4, 0.5) is 0 Å². The van der Waals surface area contributed by atoms with Gasteiger partial charge in [0, 0.05) is 19.3 Å². The van der Waals surface area contributed by atoms with Gasteiger partial charge in [0.2, 0.25) is 0 Å². The fraction of sp³-hybridized carbons (Fsp3) is 1.00. The maximum absolute atomic E-state index is 5.27. The van der Waals surface area contributed by atoms with Crippen LogP contribution < -0.4 is 5.32 Å². The highest BCUT2D eigenvalue weighted by Crippen LogP contribution is 2.02. The molecule has 0 aliphatic carbocycles. The summed E-state index contributed by atoms with van der Waals surface area (Å²) in [6.07, 6.45) is 6.48. The molecule has 2 nitrogen and oxygen atoms in total. The van der Waals surface area contributed by atoms with Gasteiger partial charge in [0.15, 0.2) is 0 Å². The lowest BCUT2D eigenvalue weighted by molar-refractivity contribution is 0.144. The van der Waals surface area contributed by atoms with Crippen LogP contribution >= 0.6 is 0 Å². The molecule has 0 aliphatic rings. The minimum Gasteiger partial charge on any atom is -0.382 e. The quantitative estimate of drug-likeness (QED) is 0.549. The normalized spacial score (nSPS) is 13.1. The van der Waals surface area contributed by atoms with Crippen molar-refractivity contribution >= 4 is 0 Å². The van der Waals surface area contributed by atoms with Crippen LogP contribution in [-0.4, -0.2) is 25.8 Å². The van der Waals surface area contributed by atoms with Crippen LogP contribution in [0.5, 0.6) is 0 Å². The third-order valence-corrected chi connectivity index (χ3v) is 2.40. The van der Waals surface area contributed by atoms with Crippen LogP contribution in [0.3, 0.4) is 0 Å². The second-order valence-corrected chi connectivity index (χ2v) is 3.90. The lowest BCUT2D eigenvalue weighted by Crippen LogP contribution is -2.27. The van der Waals surface area contributed by atoms with Gasteiger partial charge in [0.1, 0.15) is 0 Å². The predicted molar refractivity (Wildman–Crippen MR) is 62.7 cm³/mol. The van der Waals surface area contributed by atoms with Crippen LogP contribution in [0.2, 0.25) is 0 Å². The van der Waals surface area contributed by atoms with E-state index in [1.165, 1.54) is 25.7 Å². The Morgan fingerprint density at radius 3 is 2.57 bits per heavy atom. The molecule has 1 unspecified atom stereocenters. The van der Waals surface area contributed by atoms with Crippen molar-refractivity contribution in [2.24, 2.45) is 0 Å². The Balaban J connectivity index is 3.06. The van der Waals surface area contributed by atoms with Gasteiger partial charge < -0.3 is 10.1 Å². The molecule has 0 spiro atoms. The highest BCUT2D eigenvalue weighted by molar-refractivity contribution is 4.60. The summed E-state index contributed by atoms with van der Waals surface area (Å²) in [6, 6.07) is 0.670. The molecule has 0 aromatic rings. The van der Waals surface area contributed by atoms with Crippen molar-refractivity contribution < 1.29 is 4.74 Å². The predicted octanol–water partition coefficient (Wildman–Crippen LogP) is 2.97. The average Bonchev–Trinajstić information content (AvgIpc) is 2.18. The Labute approximate surface area is 89.4 Å². The van der Waals surface area contributed by atoms with Gasteiger partial charge in [-0.2, -0.15) is 0 Å². The molecule has 0 radical (unpaired) electrons. The van der Waals surface area contributed by atoms with E-state index in [4.69, 9.17) is 4.74 Å². The van der Waals surface area contributed by atoms with Crippen LogP contribution in [0.15, 0.2) is 0 Å². The minimum absolute atomic E-state index is 0.670. The molecule has 0 fully saturated rings. The molecular formula is C12H27NO. The second-order valence-electron chi connectivity index (χ2n) is 3.90. The largest absolute Gasteiger partial charge is 0.382 e. The maximum atomic E-state index is 5.27. The Bertz CT molecular complexity index is 106. The van der Waals surface area contributed by atoms with Crippen molar-refractivity contribution in [1.82, 2.24) is 5.32 Å². The fourth-order valence-corrected chi connectivity index (χ4v) is 1.47. The van der Waals surface area contributed by atoms with Gasteiger partial charge in [-0.1, -0.05) is 26.2 Å². The zero-order valence-electron chi connectivity index (χ0n) is 10.1. The van der Waals surface area contributed by atoms with Gasteiger partial charge in [-0.25, -0.2) is 0 Å². The number of nitrogens with one attached hydrogen (secondary N) is 1. The Kier molecular flexibility index (Phi) is 10.9. The summed E-state index contributed by atoms with van der Waals surface area (Å²) in [5.41, 5.74) is 0. The number of ether oxygens (including phenoxy) is 1. The first-order valence-electron chi connectivity index (χ1n) is 6.12. The van der Waals surface area contributed by atoms with Crippen molar-refractivity contribution in [3.8, 4) is 0 Å². The molecule has 86 valence electrons. The van der Waals surface area contributed by atoms with Crippen LogP contribution in [0.1, 0.15) is 52.9 Å². The van der Waals surface area contributed by atoms with E-state index in [2.05, 4.69) is 19.2 Å². The first-order valence-corrected chi connectivity index (χ1v) is 6.12. The van der Waals surface area contributed by atoms with Crippen molar-refractivity contribution in [1.29, 1.82) is 0 Å². The van der Waals surface area contributed by atoms with E-state index >= 15 is 0 Å². The van der Waals surface area contributed by atoms with E-state index < -0.39 is 0 Å². The summed E-state index contributed by atoms with van der Waals surface area (Å²) in [5.74, 6) is 0. The molecule has 0 heterocycles. The van der Waals surface area contributed by atoms with Gasteiger partial charge in [0.05, 0.1) is 0 Å². The molecule has 1 atom stereocenters. The highest BCUT2D eigenvalue weighted by atomic mass is 16.5. The standard InChI is InChI=1S/C12H27NO/c1-4-6-7-9-12(3)13-10-8-11-14-5-2/h12-13H,4-11H2,1-3H3. The molecule has 0 bridgehead atoms. The summed E-state index contributed by atoms with van der Waals surface area (Å²) in [5, 5.41) is 3.52. The molecule has 0 saturated carbocycles. The minimum atomic E-state index is 0.670. The summed E-state index contributed by atoms with van der Waals surface area (Å²) in [4.78, 5) is 0. The van der Waals surface area contributed by atoms with Crippen molar-refractivity contribution in [3.63, 3.8) is 0 Å². The van der Waals surface area contributed by atoms with Crippen LogP contribution in [0, 0.1) is 0 Å². The van der Waals surface area contributed by atoms with Gasteiger partial charge in [-0.05, 0) is 33.2 Å². The zero-order chi connectivity index (χ0) is 10.6. The van der Waals surface area contributed by atoms with Crippen molar-refractivity contribution in [2.45, 2.75) is 58.9 Å². The van der Waals surface area contributed by atoms with Crippen molar-refractivity contribution in [2.75, 3.05) is 19.8 Å². The molecule has 2 heteroatoms. The number of unbranched alkanes of at least 4 members (excludes halogenated alkanes) is 2. The van der Waals surface area contributed by atoms with Gasteiger partial charge >= 0.3 is 0 Å². The van der Waals surface area contributed by atoms with Crippen molar-refractivity contribution in [3.05, 3.63) is 0 Å². The van der Waals surface area contributed by atoms with Gasteiger partial charge in [0.25, 0.3) is 0 Å². The summed E-state index contributed by atoms with van der Waals surface area (Å²) >= 11 is 0. The maximum Gasteiger partial charge on any atom is 0.0477 e. The summed E-state index contributed by atoms with van der Waals surface area (Å²) < 4.78 is 5.27.